The summed E-state index contributed by atoms with van der Waals surface area (Å²) in [5, 5.41) is 0. The van der Waals surface area contributed by atoms with Gasteiger partial charge in [0.2, 0.25) is 5.78 Å². The number of Topliss-reactive ketones (excluding diaryl/α,β-unsaturated/α-hetero) is 2. The number of ether oxygens (including phenoxy) is 1. The van der Waals surface area contributed by atoms with Crippen molar-refractivity contribution in [2.45, 2.75) is 40.7 Å². The number of halogens is 1. The van der Waals surface area contributed by atoms with Gasteiger partial charge < -0.3 is 9.72 Å². The molecular formula is C19H20FNO4. The standard InChI is InChI=1S/C19H20FNO4/c1-9-6-7-14(8-15(9)20)19(24)25-13(5)18(23)17-10(2)16(12(4)22)11(3)21-17/h6-8,13,21H,1-5H3/t13-/m1/s1. The molecule has 1 aromatic carbocycles. The van der Waals surface area contributed by atoms with Crippen molar-refractivity contribution in [2.24, 2.45) is 0 Å². The lowest BCUT2D eigenvalue weighted by molar-refractivity contribution is 0.0316. The minimum absolute atomic E-state index is 0.0339. The molecular weight excluding hydrogens is 325 g/mol. The molecule has 2 rings (SSSR count). The van der Waals surface area contributed by atoms with Crippen molar-refractivity contribution < 1.29 is 23.5 Å². The summed E-state index contributed by atoms with van der Waals surface area (Å²) in [4.78, 5) is 39.2. The van der Waals surface area contributed by atoms with Crippen LogP contribution in [-0.2, 0) is 4.74 Å². The zero-order chi connectivity index (χ0) is 18.9. The number of ketones is 2. The molecule has 5 nitrogen and oxygen atoms in total. The van der Waals surface area contributed by atoms with E-state index in [1.54, 1.807) is 20.8 Å². The van der Waals surface area contributed by atoms with Gasteiger partial charge in [0, 0.05) is 11.3 Å². The van der Waals surface area contributed by atoms with Crippen LogP contribution < -0.4 is 0 Å². The van der Waals surface area contributed by atoms with E-state index in [0.29, 0.717) is 22.4 Å². The van der Waals surface area contributed by atoms with E-state index in [2.05, 4.69) is 4.98 Å². The van der Waals surface area contributed by atoms with E-state index in [1.807, 2.05) is 0 Å². The van der Waals surface area contributed by atoms with Crippen LogP contribution >= 0.6 is 0 Å². The van der Waals surface area contributed by atoms with Gasteiger partial charge in [0.15, 0.2) is 11.9 Å². The first kappa shape index (κ1) is 18.6. The summed E-state index contributed by atoms with van der Waals surface area (Å²) in [6.07, 6.45) is -1.08. The summed E-state index contributed by atoms with van der Waals surface area (Å²) >= 11 is 0. The highest BCUT2D eigenvalue weighted by Gasteiger charge is 2.26. The van der Waals surface area contributed by atoms with Gasteiger partial charge in [0.05, 0.1) is 11.3 Å². The number of aromatic nitrogens is 1. The third-order valence-corrected chi connectivity index (χ3v) is 4.10. The first-order chi connectivity index (χ1) is 11.6. The van der Waals surface area contributed by atoms with Crippen LogP contribution in [0.15, 0.2) is 18.2 Å². The van der Waals surface area contributed by atoms with Gasteiger partial charge in [-0.2, -0.15) is 0 Å². The van der Waals surface area contributed by atoms with Crippen molar-refractivity contribution in [3.8, 4) is 0 Å². The number of rotatable bonds is 5. The molecule has 25 heavy (non-hydrogen) atoms. The maximum atomic E-state index is 13.6. The van der Waals surface area contributed by atoms with Crippen molar-refractivity contribution in [2.75, 3.05) is 0 Å². The molecule has 1 heterocycles. The van der Waals surface area contributed by atoms with Crippen molar-refractivity contribution in [3.63, 3.8) is 0 Å². The summed E-state index contributed by atoms with van der Waals surface area (Å²) in [5.74, 6) is -1.90. The highest BCUT2D eigenvalue weighted by molar-refractivity contribution is 6.05. The van der Waals surface area contributed by atoms with Gasteiger partial charge in [-0.3, -0.25) is 9.59 Å². The second kappa shape index (κ2) is 7.01. The first-order valence-electron chi connectivity index (χ1n) is 7.85. The second-order valence-electron chi connectivity index (χ2n) is 6.06. The van der Waals surface area contributed by atoms with E-state index in [4.69, 9.17) is 4.74 Å². The fourth-order valence-electron chi connectivity index (χ4n) is 2.73. The number of aromatic amines is 1. The summed E-state index contributed by atoms with van der Waals surface area (Å²) in [6.45, 7) is 7.81. The predicted octanol–water partition coefficient (Wildman–Crippen LogP) is 3.71. The number of hydrogen-bond acceptors (Lipinski definition) is 4. The van der Waals surface area contributed by atoms with Crippen LogP contribution in [-0.4, -0.2) is 28.6 Å². The van der Waals surface area contributed by atoms with Gasteiger partial charge in [0.25, 0.3) is 0 Å². The van der Waals surface area contributed by atoms with Gasteiger partial charge in [-0.05, 0) is 57.9 Å². The van der Waals surface area contributed by atoms with Crippen LogP contribution in [0.25, 0.3) is 0 Å². The molecule has 0 bridgehead atoms. The van der Waals surface area contributed by atoms with E-state index in [1.165, 1.54) is 26.0 Å². The average Bonchev–Trinajstić information content (AvgIpc) is 2.83. The molecule has 2 aromatic rings. The molecule has 0 aliphatic rings. The minimum Gasteiger partial charge on any atom is -0.451 e. The van der Waals surface area contributed by atoms with Crippen molar-refractivity contribution in [1.82, 2.24) is 4.98 Å². The Bertz CT molecular complexity index is 867. The predicted molar refractivity (Wildman–Crippen MR) is 90.6 cm³/mol. The molecule has 0 radical (unpaired) electrons. The van der Waals surface area contributed by atoms with Gasteiger partial charge >= 0.3 is 5.97 Å². The molecule has 132 valence electrons. The smallest absolute Gasteiger partial charge is 0.338 e. The Kier molecular flexibility index (Phi) is 5.21. The Labute approximate surface area is 145 Å². The molecule has 0 aliphatic heterocycles. The summed E-state index contributed by atoms with van der Waals surface area (Å²) in [5.41, 5.74) is 2.26. The second-order valence-corrected chi connectivity index (χ2v) is 6.06. The molecule has 0 fully saturated rings. The molecule has 0 saturated carbocycles. The highest BCUT2D eigenvalue weighted by atomic mass is 19.1. The van der Waals surface area contributed by atoms with E-state index in [-0.39, 0.29) is 17.0 Å². The highest BCUT2D eigenvalue weighted by Crippen LogP contribution is 2.21. The number of carbonyl (C=O) groups excluding carboxylic acids is 3. The number of esters is 1. The Morgan fingerprint density at radius 2 is 1.80 bits per heavy atom. The fraction of sp³-hybridized carbons (Fsp3) is 0.316. The van der Waals surface area contributed by atoms with Crippen molar-refractivity contribution in [3.05, 3.63) is 57.7 Å². The molecule has 0 aliphatic carbocycles. The van der Waals surface area contributed by atoms with Gasteiger partial charge in [-0.15, -0.1) is 0 Å². The largest absolute Gasteiger partial charge is 0.451 e. The van der Waals surface area contributed by atoms with E-state index >= 15 is 0 Å². The number of benzene rings is 1. The lowest BCUT2D eigenvalue weighted by Crippen LogP contribution is -2.25. The zero-order valence-corrected chi connectivity index (χ0v) is 14.8. The van der Waals surface area contributed by atoms with Gasteiger partial charge in [-0.1, -0.05) is 6.07 Å². The first-order valence-corrected chi connectivity index (χ1v) is 7.85. The number of aryl methyl sites for hydroxylation is 2. The molecule has 1 atom stereocenters. The monoisotopic (exact) mass is 345 g/mol. The van der Waals surface area contributed by atoms with Crippen molar-refractivity contribution >= 4 is 17.5 Å². The van der Waals surface area contributed by atoms with Gasteiger partial charge in [-0.25, -0.2) is 9.18 Å². The SMILES string of the molecule is CC(=O)c1c(C)[nH]c(C(=O)[C@@H](C)OC(=O)c2ccc(C)c(F)c2)c1C. The molecule has 0 amide bonds. The third-order valence-electron chi connectivity index (χ3n) is 4.10. The quantitative estimate of drug-likeness (QED) is 0.662. The molecule has 0 spiro atoms. The Morgan fingerprint density at radius 1 is 1.16 bits per heavy atom. The van der Waals surface area contributed by atoms with Crippen LogP contribution in [0.3, 0.4) is 0 Å². The Balaban J connectivity index is 2.20. The minimum atomic E-state index is -1.08. The van der Waals surface area contributed by atoms with Crippen LogP contribution in [0.2, 0.25) is 0 Å². The van der Waals surface area contributed by atoms with Gasteiger partial charge in [0.1, 0.15) is 5.82 Å². The number of nitrogens with one attached hydrogen (secondary N) is 1. The van der Waals surface area contributed by atoms with Crippen LogP contribution in [0.1, 0.15) is 61.9 Å². The summed E-state index contributed by atoms with van der Waals surface area (Å²) in [7, 11) is 0. The molecule has 1 aromatic heterocycles. The molecule has 0 saturated heterocycles. The number of H-pyrrole nitrogens is 1. The third kappa shape index (κ3) is 3.68. The molecule has 0 unspecified atom stereocenters. The molecule has 1 N–H and O–H groups in total. The maximum Gasteiger partial charge on any atom is 0.338 e. The van der Waals surface area contributed by atoms with Crippen molar-refractivity contribution in [1.29, 1.82) is 0 Å². The topological polar surface area (TPSA) is 76.2 Å². The number of carbonyl (C=O) groups is 3. The summed E-state index contributed by atoms with van der Waals surface area (Å²) in [6, 6.07) is 3.98. The lowest BCUT2D eigenvalue weighted by atomic mass is 10.0. The van der Waals surface area contributed by atoms with Crippen LogP contribution in [0.4, 0.5) is 4.39 Å². The van der Waals surface area contributed by atoms with Crippen LogP contribution in [0, 0.1) is 26.6 Å². The zero-order valence-electron chi connectivity index (χ0n) is 14.8. The van der Waals surface area contributed by atoms with E-state index < -0.39 is 23.7 Å². The number of hydrogen-bond donors (Lipinski definition) is 1. The maximum absolute atomic E-state index is 13.6. The fourth-order valence-corrected chi connectivity index (χ4v) is 2.73. The normalized spacial score (nSPS) is 11.9. The van der Waals surface area contributed by atoms with E-state index in [0.717, 1.165) is 6.07 Å². The Morgan fingerprint density at radius 3 is 2.32 bits per heavy atom. The Hall–Kier alpha value is -2.76. The lowest BCUT2D eigenvalue weighted by Gasteiger charge is -2.12. The van der Waals surface area contributed by atoms with Crippen LogP contribution in [0.5, 0.6) is 0 Å². The average molecular weight is 345 g/mol. The molecule has 6 heteroatoms. The van der Waals surface area contributed by atoms with E-state index in [9.17, 15) is 18.8 Å². The summed E-state index contributed by atoms with van der Waals surface area (Å²) < 4.78 is 18.7.